The molecule has 0 N–H and O–H groups in total. The van der Waals surface area contributed by atoms with Crippen LogP contribution < -0.4 is 4.74 Å². The first-order chi connectivity index (χ1) is 9.70. The number of benzene rings is 1. The number of carbonyl (C=O) groups is 1. The van der Waals surface area contributed by atoms with Crippen LogP contribution in [0, 0.1) is 6.92 Å². The van der Waals surface area contributed by atoms with Gasteiger partial charge in [0, 0.05) is 6.20 Å². The summed E-state index contributed by atoms with van der Waals surface area (Å²) in [7, 11) is 1.37. The van der Waals surface area contributed by atoms with Crippen LogP contribution in [0.2, 0.25) is 0 Å². The van der Waals surface area contributed by atoms with Crippen molar-refractivity contribution in [1.82, 2.24) is 4.98 Å². The van der Waals surface area contributed by atoms with Gasteiger partial charge in [-0.3, -0.25) is 9.78 Å². The van der Waals surface area contributed by atoms with Crippen LogP contribution in [0.5, 0.6) is 5.75 Å². The average molecular weight is 271 g/mol. The number of hydrogen-bond acceptors (Lipinski definition) is 4. The highest BCUT2D eigenvalue weighted by molar-refractivity contribution is 5.77. The Balaban J connectivity index is 2.11. The highest BCUT2D eigenvalue weighted by Gasteiger charge is 2.23. The Morgan fingerprint density at radius 1 is 1.25 bits per heavy atom. The van der Waals surface area contributed by atoms with Crippen LogP contribution in [0.15, 0.2) is 48.7 Å². The summed E-state index contributed by atoms with van der Waals surface area (Å²) >= 11 is 0. The van der Waals surface area contributed by atoms with Crippen molar-refractivity contribution in [2.45, 2.75) is 12.8 Å². The van der Waals surface area contributed by atoms with E-state index in [0.717, 1.165) is 11.3 Å². The van der Waals surface area contributed by atoms with Gasteiger partial charge in [-0.1, -0.05) is 18.2 Å². The zero-order valence-electron chi connectivity index (χ0n) is 11.6. The first kappa shape index (κ1) is 14.1. The van der Waals surface area contributed by atoms with E-state index in [4.69, 9.17) is 9.47 Å². The van der Waals surface area contributed by atoms with Crippen molar-refractivity contribution in [2.75, 3.05) is 13.7 Å². The molecule has 0 aliphatic carbocycles. The van der Waals surface area contributed by atoms with Crippen LogP contribution in [-0.4, -0.2) is 24.7 Å². The van der Waals surface area contributed by atoms with Crippen molar-refractivity contribution in [3.05, 3.63) is 59.9 Å². The molecule has 1 aromatic heterocycles. The van der Waals surface area contributed by atoms with Gasteiger partial charge in [-0.2, -0.15) is 0 Å². The molecule has 4 heteroatoms. The minimum atomic E-state index is -0.526. The van der Waals surface area contributed by atoms with E-state index in [1.54, 1.807) is 18.3 Å². The molecule has 1 aromatic carbocycles. The molecule has 2 aromatic rings. The summed E-state index contributed by atoms with van der Waals surface area (Å²) in [6.45, 7) is 2.19. The summed E-state index contributed by atoms with van der Waals surface area (Å²) in [5.41, 5.74) is 1.75. The third-order valence-electron chi connectivity index (χ3n) is 2.94. The highest BCUT2D eigenvalue weighted by atomic mass is 16.5. The first-order valence-electron chi connectivity index (χ1n) is 6.39. The van der Waals surface area contributed by atoms with Crippen molar-refractivity contribution in [3.63, 3.8) is 0 Å². The number of nitrogens with zero attached hydrogens (tertiary/aromatic N) is 1. The van der Waals surface area contributed by atoms with E-state index in [1.165, 1.54) is 7.11 Å². The number of ether oxygens (including phenoxy) is 2. The lowest BCUT2D eigenvalue weighted by molar-refractivity contribution is -0.143. The normalized spacial score (nSPS) is 11.7. The van der Waals surface area contributed by atoms with E-state index in [2.05, 4.69) is 4.98 Å². The minimum absolute atomic E-state index is 0.202. The van der Waals surface area contributed by atoms with Gasteiger partial charge in [0.25, 0.3) is 0 Å². The third-order valence-corrected chi connectivity index (χ3v) is 2.94. The largest absolute Gasteiger partial charge is 0.492 e. The summed E-state index contributed by atoms with van der Waals surface area (Å²) in [4.78, 5) is 16.1. The Hall–Kier alpha value is -2.36. The fraction of sp³-hybridized carbons (Fsp3) is 0.250. The zero-order valence-corrected chi connectivity index (χ0v) is 11.6. The second-order valence-corrected chi connectivity index (χ2v) is 4.46. The average Bonchev–Trinajstić information content (AvgIpc) is 2.48. The van der Waals surface area contributed by atoms with Gasteiger partial charge < -0.3 is 9.47 Å². The molecule has 104 valence electrons. The molecule has 0 aliphatic heterocycles. The quantitative estimate of drug-likeness (QED) is 0.784. The van der Waals surface area contributed by atoms with Gasteiger partial charge in [0.2, 0.25) is 0 Å². The van der Waals surface area contributed by atoms with Gasteiger partial charge in [0.05, 0.1) is 12.8 Å². The lowest BCUT2D eigenvalue weighted by atomic mass is 10.1. The summed E-state index contributed by atoms with van der Waals surface area (Å²) in [5, 5.41) is 0. The molecule has 1 atom stereocenters. The highest BCUT2D eigenvalue weighted by Crippen LogP contribution is 2.19. The SMILES string of the molecule is COC(=O)C(COc1cccc(C)c1)c1ccccn1. The van der Waals surface area contributed by atoms with Gasteiger partial charge >= 0.3 is 5.97 Å². The second kappa shape index (κ2) is 6.70. The molecule has 4 nitrogen and oxygen atoms in total. The molecular weight excluding hydrogens is 254 g/mol. The van der Waals surface area contributed by atoms with Gasteiger partial charge in [-0.15, -0.1) is 0 Å². The van der Waals surface area contributed by atoms with Crippen LogP contribution in [-0.2, 0) is 9.53 Å². The number of aromatic nitrogens is 1. The number of carbonyl (C=O) groups excluding carboxylic acids is 1. The third kappa shape index (κ3) is 3.57. The number of hydrogen-bond donors (Lipinski definition) is 0. The molecule has 2 rings (SSSR count). The molecule has 0 fully saturated rings. The van der Waals surface area contributed by atoms with Crippen molar-refractivity contribution < 1.29 is 14.3 Å². The molecule has 0 bridgehead atoms. The zero-order chi connectivity index (χ0) is 14.4. The summed E-state index contributed by atoms with van der Waals surface area (Å²) in [6, 6.07) is 13.1. The van der Waals surface area contributed by atoms with E-state index in [-0.39, 0.29) is 12.6 Å². The monoisotopic (exact) mass is 271 g/mol. The summed E-state index contributed by atoms with van der Waals surface area (Å²) in [6.07, 6.45) is 1.65. The fourth-order valence-electron chi connectivity index (χ4n) is 1.88. The molecule has 0 saturated carbocycles. The molecule has 0 saturated heterocycles. The van der Waals surface area contributed by atoms with Crippen molar-refractivity contribution in [1.29, 1.82) is 0 Å². The minimum Gasteiger partial charge on any atom is -0.492 e. The first-order valence-corrected chi connectivity index (χ1v) is 6.39. The Morgan fingerprint density at radius 3 is 2.75 bits per heavy atom. The van der Waals surface area contributed by atoms with E-state index in [9.17, 15) is 4.79 Å². The van der Waals surface area contributed by atoms with Crippen molar-refractivity contribution in [3.8, 4) is 5.75 Å². The second-order valence-electron chi connectivity index (χ2n) is 4.46. The van der Waals surface area contributed by atoms with Gasteiger partial charge in [-0.05, 0) is 36.8 Å². The number of aryl methyl sites for hydroxylation is 1. The number of rotatable bonds is 5. The Bertz CT molecular complexity index is 569. The topological polar surface area (TPSA) is 48.4 Å². The standard InChI is InChI=1S/C16H17NO3/c1-12-6-5-7-13(10-12)20-11-14(16(18)19-2)15-8-3-4-9-17-15/h3-10,14H,11H2,1-2H3. The Morgan fingerprint density at radius 2 is 2.10 bits per heavy atom. The molecule has 1 heterocycles. The maximum absolute atomic E-state index is 11.9. The Labute approximate surface area is 118 Å². The molecule has 0 radical (unpaired) electrons. The van der Waals surface area contributed by atoms with Crippen LogP contribution in [0.3, 0.4) is 0 Å². The van der Waals surface area contributed by atoms with E-state index in [0.29, 0.717) is 5.69 Å². The molecule has 0 spiro atoms. The predicted molar refractivity (Wildman–Crippen MR) is 75.7 cm³/mol. The molecular formula is C16H17NO3. The maximum atomic E-state index is 11.9. The number of pyridine rings is 1. The van der Waals surface area contributed by atoms with Crippen LogP contribution in [0.1, 0.15) is 17.2 Å². The molecule has 0 amide bonds. The Kier molecular flexibility index (Phi) is 4.71. The number of esters is 1. The molecule has 20 heavy (non-hydrogen) atoms. The number of methoxy groups -OCH3 is 1. The molecule has 0 aliphatic rings. The predicted octanol–water partition coefficient (Wildman–Crippen LogP) is 2.73. The summed E-state index contributed by atoms with van der Waals surface area (Å²) in [5.74, 6) is -0.145. The smallest absolute Gasteiger partial charge is 0.318 e. The van der Waals surface area contributed by atoms with E-state index in [1.807, 2.05) is 37.3 Å². The van der Waals surface area contributed by atoms with Crippen molar-refractivity contribution in [2.24, 2.45) is 0 Å². The lowest BCUT2D eigenvalue weighted by Gasteiger charge is -2.15. The van der Waals surface area contributed by atoms with Crippen LogP contribution in [0.25, 0.3) is 0 Å². The van der Waals surface area contributed by atoms with Gasteiger partial charge in [0.1, 0.15) is 18.3 Å². The lowest BCUT2D eigenvalue weighted by Crippen LogP contribution is -2.22. The summed E-state index contributed by atoms with van der Waals surface area (Å²) < 4.78 is 10.5. The molecule has 1 unspecified atom stereocenters. The van der Waals surface area contributed by atoms with Gasteiger partial charge in [0.15, 0.2) is 0 Å². The van der Waals surface area contributed by atoms with Crippen molar-refractivity contribution >= 4 is 5.97 Å². The fourth-order valence-corrected chi connectivity index (χ4v) is 1.88. The van der Waals surface area contributed by atoms with Crippen LogP contribution in [0.4, 0.5) is 0 Å². The maximum Gasteiger partial charge on any atom is 0.318 e. The van der Waals surface area contributed by atoms with Gasteiger partial charge in [-0.25, -0.2) is 0 Å². The van der Waals surface area contributed by atoms with E-state index >= 15 is 0 Å². The van der Waals surface area contributed by atoms with E-state index < -0.39 is 5.92 Å². The van der Waals surface area contributed by atoms with Crippen LogP contribution >= 0.6 is 0 Å².